The minimum absolute atomic E-state index is 0.0417. The Labute approximate surface area is 172 Å². The highest BCUT2D eigenvalue weighted by atomic mass is 16.5. The van der Waals surface area contributed by atoms with Crippen molar-refractivity contribution in [3.63, 3.8) is 0 Å². The average Bonchev–Trinajstić information content (AvgIpc) is 2.63. The molecule has 0 heterocycles. The van der Waals surface area contributed by atoms with Crippen molar-refractivity contribution < 1.29 is 24.5 Å². The van der Waals surface area contributed by atoms with E-state index in [1.165, 1.54) is 57.8 Å². The lowest BCUT2D eigenvalue weighted by atomic mass is 10.0. The largest absolute Gasteiger partial charge is 0.481 e. The highest BCUT2D eigenvalue weighted by Crippen LogP contribution is 2.15. The number of carbonyl (C=O) groups is 2. The molecule has 2 unspecified atom stereocenters. The third-order valence-corrected chi connectivity index (χ3v) is 5.12. The van der Waals surface area contributed by atoms with Crippen LogP contribution in [-0.2, 0) is 14.3 Å². The highest BCUT2D eigenvalue weighted by Gasteiger charge is 2.19. The minimum atomic E-state index is -0.963. The number of rotatable bonds is 20. The smallest absolute Gasteiger partial charge is 0.308 e. The first kappa shape index (κ1) is 26.9. The number of carboxylic acid groups (broad SMARTS) is 1. The van der Waals surface area contributed by atoms with Crippen LogP contribution in [0.2, 0.25) is 0 Å². The molecule has 5 nitrogen and oxygen atoms in total. The highest BCUT2D eigenvalue weighted by molar-refractivity contribution is 5.71. The summed E-state index contributed by atoms with van der Waals surface area (Å²) in [6.45, 7) is 4.25. The summed E-state index contributed by atoms with van der Waals surface area (Å²) in [5, 5.41) is 18.9. The molecule has 0 aliphatic heterocycles. The number of hydrogen-bond donors (Lipinski definition) is 2. The predicted octanol–water partition coefficient (Wildman–Crippen LogP) is 6.02. The molecule has 0 aromatic rings. The monoisotopic (exact) mass is 400 g/mol. The molecular formula is C23H44O5. The zero-order valence-corrected chi connectivity index (χ0v) is 18.3. The van der Waals surface area contributed by atoms with Gasteiger partial charge in [-0.2, -0.15) is 0 Å². The molecule has 0 radical (unpaired) electrons. The summed E-state index contributed by atoms with van der Waals surface area (Å²) in [5.41, 5.74) is 0. The summed E-state index contributed by atoms with van der Waals surface area (Å²) in [6.07, 6.45) is 15.2. The van der Waals surface area contributed by atoms with E-state index < -0.39 is 24.1 Å². The van der Waals surface area contributed by atoms with Crippen molar-refractivity contribution in [2.75, 3.05) is 0 Å². The van der Waals surface area contributed by atoms with E-state index in [2.05, 4.69) is 6.92 Å². The second kappa shape index (κ2) is 19.2. The minimum Gasteiger partial charge on any atom is -0.481 e. The van der Waals surface area contributed by atoms with Crippen molar-refractivity contribution in [1.82, 2.24) is 0 Å². The van der Waals surface area contributed by atoms with Crippen LogP contribution in [0.1, 0.15) is 123 Å². The molecule has 0 aromatic carbocycles. The molecule has 0 aliphatic rings. The van der Waals surface area contributed by atoms with Gasteiger partial charge in [-0.1, -0.05) is 97.3 Å². The molecule has 28 heavy (non-hydrogen) atoms. The fraction of sp³-hybridized carbons (Fsp3) is 0.913. The maximum atomic E-state index is 11.9. The summed E-state index contributed by atoms with van der Waals surface area (Å²) >= 11 is 0. The fourth-order valence-electron chi connectivity index (χ4n) is 3.40. The van der Waals surface area contributed by atoms with Gasteiger partial charge in [0, 0.05) is 0 Å². The first-order valence-corrected chi connectivity index (χ1v) is 11.6. The van der Waals surface area contributed by atoms with Crippen LogP contribution in [0, 0.1) is 0 Å². The molecule has 0 rings (SSSR count). The second-order valence-corrected chi connectivity index (χ2v) is 8.03. The lowest BCUT2D eigenvalue weighted by molar-refractivity contribution is -0.155. The van der Waals surface area contributed by atoms with Gasteiger partial charge in [0.1, 0.15) is 6.10 Å². The molecular weight excluding hydrogens is 356 g/mol. The average molecular weight is 401 g/mol. The van der Waals surface area contributed by atoms with E-state index in [0.717, 1.165) is 25.7 Å². The number of esters is 1. The maximum Gasteiger partial charge on any atom is 0.308 e. The molecule has 0 saturated carbocycles. The van der Waals surface area contributed by atoms with Gasteiger partial charge >= 0.3 is 11.9 Å². The normalized spacial score (nSPS) is 13.2. The van der Waals surface area contributed by atoms with Gasteiger partial charge in [0.15, 0.2) is 0 Å². The number of carbonyl (C=O) groups excluding carboxylic acids is 1. The third-order valence-electron chi connectivity index (χ3n) is 5.12. The van der Waals surface area contributed by atoms with Gasteiger partial charge in [-0.25, -0.2) is 0 Å². The van der Waals surface area contributed by atoms with Gasteiger partial charge in [0.2, 0.25) is 0 Å². The quantitative estimate of drug-likeness (QED) is 0.193. The summed E-state index contributed by atoms with van der Waals surface area (Å²) < 4.78 is 5.26. The Kier molecular flexibility index (Phi) is 18.5. The van der Waals surface area contributed by atoms with Crippen LogP contribution in [0.3, 0.4) is 0 Å². The summed E-state index contributed by atoms with van der Waals surface area (Å²) in [6, 6.07) is 0. The first-order chi connectivity index (χ1) is 13.5. The molecule has 2 N–H and O–H groups in total. The Bertz CT molecular complexity index is 383. The Morgan fingerprint density at radius 2 is 1.21 bits per heavy atom. The molecule has 0 amide bonds. The van der Waals surface area contributed by atoms with E-state index in [1.54, 1.807) is 0 Å². The van der Waals surface area contributed by atoms with Crippen molar-refractivity contribution in [2.24, 2.45) is 0 Å². The van der Waals surface area contributed by atoms with Crippen LogP contribution < -0.4 is 0 Å². The number of aliphatic carboxylic acids is 1. The van der Waals surface area contributed by atoms with E-state index >= 15 is 0 Å². The van der Waals surface area contributed by atoms with Crippen LogP contribution >= 0.6 is 0 Å². The van der Waals surface area contributed by atoms with E-state index in [9.17, 15) is 14.7 Å². The zero-order valence-electron chi connectivity index (χ0n) is 18.3. The van der Waals surface area contributed by atoms with Gasteiger partial charge in [0.25, 0.3) is 0 Å². The number of aliphatic hydroxyl groups excluding tert-OH is 1. The molecule has 0 saturated heterocycles. The lowest BCUT2D eigenvalue weighted by Crippen LogP contribution is -2.24. The molecule has 0 bridgehead atoms. The lowest BCUT2D eigenvalue weighted by Gasteiger charge is -2.17. The first-order valence-electron chi connectivity index (χ1n) is 11.6. The molecule has 0 aromatic heterocycles. The Morgan fingerprint density at radius 1 is 0.714 bits per heavy atom. The van der Waals surface area contributed by atoms with Crippen LogP contribution in [0.25, 0.3) is 0 Å². The summed E-state index contributed by atoms with van der Waals surface area (Å²) in [7, 11) is 0. The van der Waals surface area contributed by atoms with E-state index in [-0.39, 0.29) is 12.8 Å². The topological polar surface area (TPSA) is 83.8 Å². The van der Waals surface area contributed by atoms with Crippen molar-refractivity contribution in [3.05, 3.63) is 0 Å². The fourth-order valence-corrected chi connectivity index (χ4v) is 3.40. The van der Waals surface area contributed by atoms with E-state index in [0.29, 0.717) is 12.8 Å². The number of carboxylic acids is 1. The number of ether oxygens (including phenoxy) is 1. The molecule has 0 fully saturated rings. The van der Waals surface area contributed by atoms with Crippen molar-refractivity contribution in [1.29, 1.82) is 0 Å². The third kappa shape index (κ3) is 18.3. The van der Waals surface area contributed by atoms with Crippen LogP contribution in [0.5, 0.6) is 0 Å². The van der Waals surface area contributed by atoms with E-state index in [4.69, 9.17) is 9.84 Å². The van der Waals surface area contributed by atoms with Crippen molar-refractivity contribution >= 4 is 11.9 Å². The van der Waals surface area contributed by atoms with Gasteiger partial charge in [0.05, 0.1) is 18.9 Å². The van der Waals surface area contributed by atoms with Gasteiger partial charge < -0.3 is 14.9 Å². The van der Waals surface area contributed by atoms with Crippen LogP contribution in [-0.4, -0.2) is 34.4 Å². The summed E-state index contributed by atoms with van der Waals surface area (Å²) in [4.78, 5) is 22.8. The maximum absolute atomic E-state index is 11.9. The van der Waals surface area contributed by atoms with Crippen molar-refractivity contribution in [2.45, 2.75) is 135 Å². The number of aliphatic hydroxyl groups is 1. The predicted molar refractivity (Wildman–Crippen MR) is 113 cm³/mol. The molecule has 166 valence electrons. The van der Waals surface area contributed by atoms with Gasteiger partial charge in [-0.05, 0) is 12.8 Å². The van der Waals surface area contributed by atoms with Crippen LogP contribution in [0.15, 0.2) is 0 Å². The summed E-state index contributed by atoms with van der Waals surface area (Å²) in [5.74, 6) is -1.45. The molecule has 0 spiro atoms. The van der Waals surface area contributed by atoms with Gasteiger partial charge in [-0.15, -0.1) is 0 Å². The van der Waals surface area contributed by atoms with E-state index in [1.807, 2.05) is 6.92 Å². The zero-order chi connectivity index (χ0) is 21.0. The Hall–Kier alpha value is -1.10. The van der Waals surface area contributed by atoms with Crippen LogP contribution in [0.4, 0.5) is 0 Å². The number of hydrogen-bond acceptors (Lipinski definition) is 4. The molecule has 5 heteroatoms. The SMILES string of the molecule is CCCCCCCCCCCCCC(O)CC(=O)OC(CCCC)CC(=O)O. The Balaban J connectivity index is 3.69. The second-order valence-electron chi connectivity index (χ2n) is 8.03. The molecule has 2 atom stereocenters. The standard InChI is InChI=1S/C23H44O5/c1-3-5-7-8-9-10-11-12-13-14-15-16-20(24)18-23(27)28-21(17-6-4-2)19-22(25)26/h20-21,24H,3-19H2,1-2H3,(H,25,26). The number of unbranched alkanes of at least 4 members (excludes halogenated alkanes) is 11. The Morgan fingerprint density at radius 3 is 1.71 bits per heavy atom. The van der Waals surface area contributed by atoms with Gasteiger partial charge in [-0.3, -0.25) is 9.59 Å². The molecule has 0 aliphatic carbocycles. The van der Waals surface area contributed by atoms with Crippen molar-refractivity contribution in [3.8, 4) is 0 Å².